The van der Waals surface area contributed by atoms with Crippen molar-refractivity contribution in [3.8, 4) is 0 Å². The first-order valence-electron chi connectivity index (χ1n) is 8.36. The van der Waals surface area contributed by atoms with Gasteiger partial charge in [0.1, 0.15) is 6.10 Å². The molecule has 1 unspecified atom stereocenters. The molecule has 1 aliphatic rings. The van der Waals surface area contributed by atoms with Crippen molar-refractivity contribution >= 4 is 35.0 Å². The van der Waals surface area contributed by atoms with Crippen LogP contribution in [0, 0.1) is 0 Å². The van der Waals surface area contributed by atoms with Gasteiger partial charge in [0.05, 0.1) is 10.6 Å². The summed E-state index contributed by atoms with van der Waals surface area (Å²) in [6.07, 6.45) is -3.94. The lowest BCUT2D eigenvalue weighted by atomic mass is 10.1. The van der Waals surface area contributed by atoms with Crippen LogP contribution in [0.4, 0.5) is 29.3 Å². The predicted octanol–water partition coefficient (Wildman–Crippen LogP) is 5.03. The van der Waals surface area contributed by atoms with E-state index in [1.807, 2.05) is 6.07 Å². The fourth-order valence-electron chi connectivity index (χ4n) is 3.15. The van der Waals surface area contributed by atoms with Crippen molar-refractivity contribution in [2.24, 2.45) is 0 Å². The number of alkyl halides is 3. The summed E-state index contributed by atoms with van der Waals surface area (Å²) >= 11 is 5.58. The second kappa shape index (κ2) is 7.71. The van der Waals surface area contributed by atoms with Crippen LogP contribution in [-0.4, -0.2) is 18.1 Å². The molecule has 0 aromatic heterocycles. The van der Waals surface area contributed by atoms with Gasteiger partial charge < -0.3 is 15.4 Å². The molecule has 0 saturated heterocycles. The highest BCUT2D eigenvalue weighted by Crippen LogP contribution is 2.36. The Morgan fingerprint density at radius 3 is 2.57 bits per heavy atom. The van der Waals surface area contributed by atoms with Gasteiger partial charge in [-0.1, -0.05) is 23.7 Å². The first-order valence-corrected chi connectivity index (χ1v) is 8.74. The van der Waals surface area contributed by atoms with Crippen LogP contribution < -0.4 is 10.6 Å². The van der Waals surface area contributed by atoms with Crippen LogP contribution in [-0.2, 0) is 28.5 Å². The molecule has 0 radical (unpaired) electrons. The zero-order chi connectivity index (χ0) is 20.5. The van der Waals surface area contributed by atoms with Gasteiger partial charge in [0.15, 0.2) is 0 Å². The number of hydrogen-bond donors (Lipinski definition) is 2. The normalized spacial score (nSPS) is 15.7. The predicted molar refractivity (Wildman–Crippen MR) is 98.5 cm³/mol. The van der Waals surface area contributed by atoms with E-state index in [0.29, 0.717) is 18.5 Å². The number of urea groups is 1. The highest BCUT2D eigenvalue weighted by molar-refractivity contribution is 6.31. The Morgan fingerprint density at radius 2 is 1.89 bits per heavy atom. The van der Waals surface area contributed by atoms with Crippen molar-refractivity contribution in [1.29, 1.82) is 0 Å². The molecular formula is C19H16ClF3N2O3. The number of esters is 1. The molecule has 0 aliphatic heterocycles. The zero-order valence-corrected chi connectivity index (χ0v) is 15.4. The molecule has 0 fully saturated rings. The first-order chi connectivity index (χ1) is 13.1. The Kier molecular flexibility index (Phi) is 5.51. The Labute approximate surface area is 163 Å². The van der Waals surface area contributed by atoms with E-state index in [1.54, 1.807) is 12.1 Å². The number of carbonyl (C=O) groups excluding carboxylic acids is 2. The van der Waals surface area contributed by atoms with Crippen LogP contribution in [0.2, 0.25) is 5.02 Å². The molecule has 1 atom stereocenters. The van der Waals surface area contributed by atoms with Gasteiger partial charge in [-0.2, -0.15) is 13.2 Å². The lowest BCUT2D eigenvalue weighted by Gasteiger charge is -2.14. The number of ether oxygens (including phenoxy) is 1. The third-order valence-electron chi connectivity index (χ3n) is 4.26. The van der Waals surface area contributed by atoms with E-state index in [9.17, 15) is 22.8 Å². The van der Waals surface area contributed by atoms with Gasteiger partial charge in [-0.25, -0.2) is 4.79 Å². The highest BCUT2D eigenvalue weighted by Gasteiger charge is 2.33. The standard InChI is InChI=1S/C19H16ClF3N2O3/c1-10(26)28-13-7-11-3-2-4-17(14(11)9-13)25-18(27)24-12-5-6-16(20)15(8-12)19(21,22)23/h2-6,8,13H,7,9H2,1H3,(H2,24,25,27). The van der Waals surface area contributed by atoms with E-state index in [0.717, 1.165) is 23.3 Å². The highest BCUT2D eigenvalue weighted by atomic mass is 35.5. The van der Waals surface area contributed by atoms with E-state index in [2.05, 4.69) is 10.6 Å². The fraction of sp³-hybridized carbons (Fsp3) is 0.263. The van der Waals surface area contributed by atoms with E-state index in [1.165, 1.54) is 13.0 Å². The van der Waals surface area contributed by atoms with Crippen molar-refractivity contribution in [3.05, 3.63) is 58.1 Å². The number of nitrogens with one attached hydrogen (secondary N) is 2. The molecule has 3 rings (SSSR count). The Morgan fingerprint density at radius 1 is 1.14 bits per heavy atom. The van der Waals surface area contributed by atoms with Gasteiger partial charge in [0.25, 0.3) is 0 Å². The van der Waals surface area contributed by atoms with Crippen LogP contribution in [0.15, 0.2) is 36.4 Å². The fourth-order valence-corrected chi connectivity index (χ4v) is 3.38. The number of amides is 2. The molecular weight excluding hydrogens is 397 g/mol. The van der Waals surface area contributed by atoms with Crippen LogP contribution in [0.5, 0.6) is 0 Å². The summed E-state index contributed by atoms with van der Waals surface area (Å²) in [5.74, 6) is -0.381. The minimum atomic E-state index is -4.63. The monoisotopic (exact) mass is 412 g/mol. The van der Waals surface area contributed by atoms with Gasteiger partial charge in [-0.15, -0.1) is 0 Å². The molecule has 28 heavy (non-hydrogen) atoms. The maximum absolute atomic E-state index is 12.9. The van der Waals surface area contributed by atoms with Crippen LogP contribution in [0.3, 0.4) is 0 Å². The average molecular weight is 413 g/mol. The number of hydrogen-bond acceptors (Lipinski definition) is 3. The number of carbonyl (C=O) groups is 2. The number of benzene rings is 2. The molecule has 0 saturated carbocycles. The van der Waals surface area contributed by atoms with Gasteiger partial charge in [-0.3, -0.25) is 4.79 Å². The van der Waals surface area contributed by atoms with E-state index < -0.39 is 22.8 Å². The summed E-state index contributed by atoms with van der Waals surface area (Å²) in [4.78, 5) is 23.4. The van der Waals surface area contributed by atoms with Crippen molar-refractivity contribution < 1.29 is 27.5 Å². The Balaban J connectivity index is 1.72. The number of rotatable bonds is 3. The molecule has 0 heterocycles. The van der Waals surface area contributed by atoms with E-state index >= 15 is 0 Å². The molecule has 2 N–H and O–H groups in total. The third kappa shape index (κ3) is 4.56. The minimum Gasteiger partial charge on any atom is -0.462 e. The smallest absolute Gasteiger partial charge is 0.417 e. The lowest BCUT2D eigenvalue weighted by molar-refractivity contribution is -0.145. The number of fused-ring (bicyclic) bond motifs is 1. The Hall–Kier alpha value is -2.74. The minimum absolute atomic E-state index is 0.0420. The summed E-state index contributed by atoms with van der Waals surface area (Å²) in [6.45, 7) is 1.33. The maximum Gasteiger partial charge on any atom is 0.417 e. The number of halogens is 4. The number of anilines is 2. The molecule has 2 amide bonds. The lowest BCUT2D eigenvalue weighted by Crippen LogP contribution is -2.21. The molecule has 148 valence electrons. The second-order valence-electron chi connectivity index (χ2n) is 6.35. The van der Waals surface area contributed by atoms with Gasteiger partial charge in [0.2, 0.25) is 0 Å². The topological polar surface area (TPSA) is 67.4 Å². The van der Waals surface area contributed by atoms with Crippen LogP contribution in [0.25, 0.3) is 0 Å². The van der Waals surface area contributed by atoms with Crippen LogP contribution >= 0.6 is 11.6 Å². The molecule has 0 spiro atoms. The van der Waals surface area contributed by atoms with Crippen molar-refractivity contribution in [2.75, 3.05) is 10.6 Å². The van der Waals surface area contributed by atoms with Crippen molar-refractivity contribution in [2.45, 2.75) is 32.0 Å². The molecule has 5 nitrogen and oxygen atoms in total. The molecule has 2 aromatic rings. The Bertz CT molecular complexity index is 931. The summed E-state index contributed by atoms with van der Waals surface area (Å²) in [6, 6.07) is 7.73. The molecule has 2 aromatic carbocycles. The van der Waals surface area contributed by atoms with Crippen molar-refractivity contribution in [1.82, 2.24) is 0 Å². The second-order valence-corrected chi connectivity index (χ2v) is 6.76. The van der Waals surface area contributed by atoms with Gasteiger partial charge in [0, 0.05) is 31.1 Å². The summed E-state index contributed by atoms with van der Waals surface area (Å²) in [5, 5.41) is 4.56. The molecule has 1 aliphatic carbocycles. The largest absolute Gasteiger partial charge is 0.462 e. The molecule has 9 heteroatoms. The summed E-state index contributed by atoms with van der Waals surface area (Å²) in [7, 11) is 0. The third-order valence-corrected chi connectivity index (χ3v) is 4.59. The summed E-state index contributed by atoms with van der Waals surface area (Å²) in [5.41, 5.74) is 1.21. The van der Waals surface area contributed by atoms with E-state index in [-0.39, 0.29) is 17.8 Å². The SMILES string of the molecule is CC(=O)OC1Cc2cccc(NC(=O)Nc3ccc(Cl)c(C(F)(F)F)c3)c2C1. The van der Waals surface area contributed by atoms with Crippen LogP contribution in [0.1, 0.15) is 23.6 Å². The molecule has 0 bridgehead atoms. The zero-order valence-electron chi connectivity index (χ0n) is 14.7. The van der Waals surface area contributed by atoms with Gasteiger partial charge in [-0.05, 0) is 35.4 Å². The van der Waals surface area contributed by atoms with E-state index in [4.69, 9.17) is 16.3 Å². The summed E-state index contributed by atoms with van der Waals surface area (Å²) < 4.78 is 44.0. The quantitative estimate of drug-likeness (QED) is 0.694. The van der Waals surface area contributed by atoms with Crippen molar-refractivity contribution in [3.63, 3.8) is 0 Å². The maximum atomic E-state index is 12.9. The van der Waals surface area contributed by atoms with Gasteiger partial charge >= 0.3 is 18.2 Å². The first kappa shape index (κ1) is 20.0. The average Bonchev–Trinajstić information content (AvgIpc) is 2.98.